The van der Waals surface area contributed by atoms with Crippen molar-refractivity contribution in [3.8, 4) is 5.75 Å². The van der Waals surface area contributed by atoms with Gasteiger partial charge in [-0.1, -0.05) is 25.8 Å². The summed E-state index contributed by atoms with van der Waals surface area (Å²) in [5, 5.41) is 15.8. The van der Waals surface area contributed by atoms with Gasteiger partial charge >= 0.3 is 0 Å². The first-order valence-electron chi connectivity index (χ1n) is 8.00. The molecule has 0 aromatic heterocycles. The molecule has 0 aliphatic heterocycles. The first-order valence-corrected chi connectivity index (χ1v) is 8.00. The van der Waals surface area contributed by atoms with Gasteiger partial charge in [-0.05, 0) is 42.4 Å². The Labute approximate surface area is 155 Å². The minimum atomic E-state index is -0.599. The summed E-state index contributed by atoms with van der Waals surface area (Å²) in [6, 6.07) is 4.40. The number of rotatable bonds is 5. The van der Waals surface area contributed by atoms with Crippen LogP contribution in [0.1, 0.15) is 44.6 Å². The Balaban J connectivity index is 0.00000264. The van der Waals surface area contributed by atoms with Crippen LogP contribution < -0.4 is 10.6 Å². The molecule has 0 radical (unpaired) electrons. The van der Waals surface area contributed by atoms with Gasteiger partial charge in [-0.25, -0.2) is 4.39 Å². The SMILES string of the molecule is CCC1(CNC(=NC)NCc2ccc(O)c(F)c2)CCCC1.I. The number of benzene rings is 1. The van der Waals surface area contributed by atoms with E-state index in [1.54, 1.807) is 13.1 Å². The van der Waals surface area contributed by atoms with Crippen LogP contribution in [0, 0.1) is 11.2 Å². The van der Waals surface area contributed by atoms with Crippen LogP contribution in [-0.4, -0.2) is 24.7 Å². The molecule has 0 amide bonds. The number of aliphatic imine (C=N–C) groups is 1. The van der Waals surface area contributed by atoms with E-state index in [2.05, 4.69) is 22.5 Å². The minimum Gasteiger partial charge on any atom is -0.505 e. The standard InChI is InChI=1S/C17H26FN3O.HI/c1-3-17(8-4-5-9-17)12-21-16(19-2)20-11-13-6-7-15(22)14(18)10-13;/h6-7,10,22H,3-5,8-9,11-12H2,1-2H3,(H2,19,20,21);1H. The maximum atomic E-state index is 13.3. The Morgan fingerprint density at radius 2 is 2.00 bits per heavy atom. The third-order valence-corrected chi connectivity index (χ3v) is 4.74. The number of phenolic OH excluding ortho intramolecular Hbond substituents is 1. The topological polar surface area (TPSA) is 56.7 Å². The normalized spacial score (nSPS) is 16.7. The number of phenols is 1. The van der Waals surface area contributed by atoms with Gasteiger partial charge in [0.2, 0.25) is 0 Å². The lowest BCUT2D eigenvalue weighted by atomic mass is 9.83. The third-order valence-electron chi connectivity index (χ3n) is 4.74. The average molecular weight is 435 g/mol. The molecule has 0 atom stereocenters. The zero-order valence-corrected chi connectivity index (χ0v) is 16.2. The number of hydrogen-bond acceptors (Lipinski definition) is 2. The van der Waals surface area contributed by atoms with Crippen LogP contribution in [0.2, 0.25) is 0 Å². The van der Waals surface area contributed by atoms with Crippen LogP contribution in [0.15, 0.2) is 23.2 Å². The zero-order chi connectivity index (χ0) is 16.0. The summed E-state index contributed by atoms with van der Waals surface area (Å²) in [6.07, 6.45) is 6.36. The van der Waals surface area contributed by atoms with Gasteiger partial charge in [0.05, 0.1) is 0 Å². The van der Waals surface area contributed by atoms with Gasteiger partial charge < -0.3 is 15.7 Å². The highest BCUT2D eigenvalue weighted by Crippen LogP contribution is 2.40. The summed E-state index contributed by atoms with van der Waals surface area (Å²) in [4.78, 5) is 4.22. The zero-order valence-electron chi connectivity index (χ0n) is 13.9. The Hall–Kier alpha value is -1.05. The van der Waals surface area contributed by atoms with Gasteiger partial charge in [0, 0.05) is 20.1 Å². The third kappa shape index (κ3) is 5.51. The van der Waals surface area contributed by atoms with E-state index >= 15 is 0 Å². The molecule has 0 unspecified atom stereocenters. The first-order chi connectivity index (χ1) is 10.6. The number of hydrogen-bond donors (Lipinski definition) is 3. The fraction of sp³-hybridized carbons (Fsp3) is 0.588. The van der Waals surface area contributed by atoms with Crippen molar-refractivity contribution in [2.75, 3.05) is 13.6 Å². The molecule has 1 aliphatic rings. The van der Waals surface area contributed by atoms with E-state index in [4.69, 9.17) is 0 Å². The monoisotopic (exact) mass is 435 g/mol. The summed E-state index contributed by atoms with van der Waals surface area (Å²) in [5.74, 6) is -0.191. The smallest absolute Gasteiger partial charge is 0.191 e. The van der Waals surface area contributed by atoms with E-state index in [0.29, 0.717) is 12.0 Å². The van der Waals surface area contributed by atoms with Crippen molar-refractivity contribution < 1.29 is 9.50 Å². The van der Waals surface area contributed by atoms with E-state index < -0.39 is 5.82 Å². The molecule has 0 heterocycles. The molecule has 130 valence electrons. The largest absolute Gasteiger partial charge is 0.505 e. The molecular formula is C17H27FIN3O. The molecule has 0 spiro atoms. The van der Waals surface area contributed by atoms with Crippen LogP contribution in [0.3, 0.4) is 0 Å². The molecule has 3 N–H and O–H groups in total. The minimum absolute atomic E-state index is 0. The molecule has 2 rings (SSSR count). The molecule has 1 aromatic carbocycles. The second-order valence-electron chi connectivity index (χ2n) is 6.13. The summed E-state index contributed by atoms with van der Waals surface area (Å²) < 4.78 is 13.3. The molecule has 1 saturated carbocycles. The van der Waals surface area contributed by atoms with Crippen LogP contribution >= 0.6 is 24.0 Å². The fourth-order valence-corrected chi connectivity index (χ4v) is 3.12. The Kier molecular flexibility index (Phi) is 8.08. The molecule has 0 bridgehead atoms. The lowest BCUT2D eigenvalue weighted by Crippen LogP contribution is -2.42. The summed E-state index contributed by atoms with van der Waals surface area (Å²) >= 11 is 0. The number of guanidine groups is 1. The number of nitrogens with one attached hydrogen (secondary N) is 2. The lowest BCUT2D eigenvalue weighted by molar-refractivity contribution is 0.283. The van der Waals surface area contributed by atoms with Crippen molar-refractivity contribution in [3.63, 3.8) is 0 Å². The highest BCUT2D eigenvalue weighted by molar-refractivity contribution is 14.0. The molecule has 1 aromatic rings. The van der Waals surface area contributed by atoms with E-state index in [-0.39, 0.29) is 29.7 Å². The highest BCUT2D eigenvalue weighted by Gasteiger charge is 2.31. The highest BCUT2D eigenvalue weighted by atomic mass is 127. The van der Waals surface area contributed by atoms with E-state index in [1.807, 2.05) is 0 Å². The number of aromatic hydroxyl groups is 1. The molecular weight excluding hydrogens is 408 g/mol. The Morgan fingerprint density at radius 1 is 1.30 bits per heavy atom. The molecule has 4 nitrogen and oxygen atoms in total. The quantitative estimate of drug-likeness (QED) is 0.375. The van der Waals surface area contributed by atoms with Gasteiger partial charge in [0.1, 0.15) is 0 Å². The Morgan fingerprint density at radius 3 is 2.57 bits per heavy atom. The second kappa shape index (κ2) is 9.30. The van der Waals surface area contributed by atoms with Crippen LogP contribution in [0.4, 0.5) is 4.39 Å². The van der Waals surface area contributed by atoms with Crippen LogP contribution in [-0.2, 0) is 6.54 Å². The molecule has 0 saturated heterocycles. The van der Waals surface area contributed by atoms with Gasteiger partial charge in [0.25, 0.3) is 0 Å². The molecule has 6 heteroatoms. The fourth-order valence-electron chi connectivity index (χ4n) is 3.12. The predicted octanol–water partition coefficient (Wildman–Crippen LogP) is 3.78. The Bertz CT molecular complexity index is 531. The predicted molar refractivity (Wildman–Crippen MR) is 103 cm³/mol. The van der Waals surface area contributed by atoms with Crippen molar-refractivity contribution in [3.05, 3.63) is 29.6 Å². The van der Waals surface area contributed by atoms with Gasteiger partial charge in [-0.15, -0.1) is 24.0 Å². The number of nitrogens with zero attached hydrogens (tertiary/aromatic N) is 1. The van der Waals surface area contributed by atoms with E-state index in [0.717, 1.165) is 18.1 Å². The summed E-state index contributed by atoms with van der Waals surface area (Å²) in [5.41, 5.74) is 1.16. The van der Waals surface area contributed by atoms with Crippen molar-refractivity contribution in [2.24, 2.45) is 10.4 Å². The van der Waals surface area contributed by atoms with Gasteiger partial charge in [0.15, 0.2) is 17.5 Å². The maximum absolute atomic E-state index is 13.3. The van der Waals surface area contributed by atoms with Gasteiger partial charge in [-0.2, -0.15) is 0 Å². The van der Waals surface area contributed by atoms with Crippen LogP contribution in [0.5, 0.6) is 5.75 Å². The summed E-state index contributed by atoms with van der Waals surface area (Å²) in [6.45, 7) is 3.64. The molecule has 23 heavy (non-hydrogen) atoms. The summed E-state index contributed by atoms with van der Waals surface area (Å²) in [7, 11) is 1.74. The van der Waals surface area contributed by atoms with Crippen LogP contribution in [0.25, 0.3) is 0 Å². The maximum Gasteiger partial charge on any atom is 0.191 e. The van der Waals surface area contributed by atoms with E-state index in [1.165, 1.54) is 44.2 Å². The van der Waals surface area contributed by atoms with E-state index in [9.17, 15) is 9.50 Å². The van der Waals surface area contributed by atoms with Crippen molar-refractivity contribution in [1.82, 2.24) is 10.6 Å². The molecule has 1 fully saturated rings. The average Bonchev–Trinajstić information content (AvgIpc) is 3.00. The van der Waals surface area contributed by atoms with Gasteiger partial charge in [-0.3, -0.25) is 4.99 Å². The molecule has 1 aliphatic carbocycles. The lowest BCUT2D eigenvalue weighted by Gasteiger charge is -2.28. The van der Waals surface area contributed by atoms with Crippen molar-refractivity contribution >= 4 is 29.9 Å². The number of halogens is 2. The second-order valence-corrected chi connectivity index (χ2v) is 6.13. The van der Waals surface area contributed by atoms with Crippen molar-refractivity contribution in [2.45, 2.75) is 45.6 Å². The first kappa shape index (κ1) is 20.0. The van der Waals surface area contributed by atoms with Crippen molar-refractivity contribution in [1.29, 1.82) is 0 Å².